The van der Waals surface area contributed by atoms with E-state index in [0.29, 0.717) is 0 Å². The normalized spacial score (nSPS) is 11.9. The van der Waals surface area contributed by atoms with Gasteiger partial charge in [0.15, 0.2) is 5.58 Å². The minimum absolute atomic E-state index is 0.285. The number of rotatable bonds is 2. The van der Waals surface area contributed by atoms with Gasteiger partial charge in [-0.2, -0.15) is 0 Å². The largest absolute Gasteiger partial charge is 0.440 e. The van der Waals surface area contributed by atoms with E-state index in [1.54, 1.807) is 0 Å². The molecule has 0 aliphatic heterocycles. The van der Waals surface area contributed by atoms with Gasteiger partial charge in [-0.3, -0.25) is 0 Å². The molecule has 3 rings (SSSR count). The van der Waals surface area contributed by atoms with Crippen molar-refractivity contribution in [3.63, 3.8) is 0 Å². The predicted molar refractivity (Wildman–Crippen MR) is 77.0 cm³/mol. The van der Waals surface area contributed by atoms with Gasteiger partial charge in [0.25, 0.3) is 0 Å². The maximum Gasteiger partial charge on any atom is 0.205 e. The Morgan fingerprint density at radius 1 is 1.00 bits per heavy atom. The number of hydrogen-bond acceptors (Lipinski definition) is 3. The summed E-state index contributed by atoms with van der Waals surface area (Å²) in [7, 11) is 0. The van der Waals surface area contributed by atoms with Gasteiger partial charge in [-0.1, -0.05) is 24.3 Å². The van der Waals surface area contributed by atoms with Gasteiger partial charge in [-0.25, -0.2) is 4.98 Å². The topological polar surface area (TPSA) is 52.0 Å². The van der Waals surface area contributed by atoms with E-state index in [2.05, 4.69) is 18.8 Å². The number of anilines is 1. The smallest absolute Gasteiger partial charge is 0.205 e. The Morgan fingerprint density at radius 2 is 1.68 bits per heavy atom. The Balaban J connectivity index is 2.10. The van der Waals surface area contributed by atoms with Crippen LogP contribution < -0.4 is 5.73 Å². The van der Waals surface area contributed by atoms with Crippen LogP contribution in [0.2, 0.25) is 0 Å². The Morgan fingerprint density at radius 3 is 2.37 bits per heavy atom. The van der Waals surface area contributed by atoms with Crippen LogP contribution in [-0.4, -0.2) is 4.98 Å². The van der Waals surface area contributed by atoms with Gasteiger partial charge >= 0.3 is 0 Å². The van der Waals surface area contributed by atoms with Gasteiger partial charge in [0, 0.05) is 5.69 Å². The molecule has 0 bridgehead atoms. The first-order valence-electron chi connectivity index (χ1n) is 6.29. The molecule has 0 fully saturated rings. The molecule has 0 saturated carbocycles. The lowest BCUT2D eigenvalue weighted by Crippen LogP contribution is -2.19. The molecule has 0 atom stereocenters. The molecular formula is C16H16N2O. The van der Waals surface area contributed by atoms with Gasteiger partial charge in [-0.05, 0) is 43.7 Å². The van der Waals surface area contributed by atoms with Crippen LogP contribution in [0.5, 0.6) is 0 Å². The average molecular weight is 252 g/mol. The van der Waals surface area contributed by atoms with Crippen molar-refractivity contribution >= 4 is 16.8 Å². The molecule has 0 unspecified atom stereocenters. The highest BCUT2D eigenvalue weighted by atomic mass is 16.3. The summed E-state index contributed by atoms with van der Waals surface area (Å²) in [6, 6.07) is 15.7. The Hall–Kier alpha value is -2.29. The molecule has 0 amide bonds. The highest BCUT2D eigenvalue weighted by molar-refractivity contribution is 5.72. The minimum Gasteiger partial charge on any atom is -0.440 e. The Kier molecular flexibility index (Phi) is 2.56. The molecule has 1 heterocycles. The lowest BCUT2D eigenvalue weighted by Gasteiger charge is -2.21. The van der Waals surface area contributed by atoms with Crippen LogP contribution in [0.3, 0.4) is 0 Å². The van der Waals surface area contributed by atoms with Gasteiger partial charge in [0.1, 0.15) is 5.52 Å². The van der Waals surface area contributed by atoms with Crippen LogP contribution in [0.15, 0.2) is 52.9 Å². The van der Waals surface area contributed by atoms with E-state index >= 15 is 0 Å². The highest BCUT2D eigenvalue weighted by Gasteiger charge is 2.28. The third-order valence-electron chi connectivity index (χ3n) is 3.46. The fourth-order valence-corrected chi connectivity index (χ4v) is 2.16. The van der Waals surface area contributed by atoms with Crippen LogP contribution in [0.4, 0.5) is 5.69 Å². The Bertz CT molecular complexity index is 678. The molecule has 0 radical (unpaired) electrons. The van der Waals surface area contributed by atoms with E-state index in [4.69, 9.17) is 10.2 Å². The number of fused-ring (bicyclic) bond motifs is 1. The summed E-state index contributed by atoms with van der Waals surface area (Å²) < 4.78 is 5.88. The molecule has 0 spiro atoms. The van der Waals surface area contributed by atoms with Crippen molar-refractivity contribution in [1.29, 1.82) is 0 Å². The van der Waals surface area contributed by atoms with Crippen LogP contribution >= 0.6 is 0 Å². The van der Waals surface area contributed by atoms with Crippen molar-refractivity contribution in [3.8, 4) is 0 Å². The second-order valence-electron chi connectivity index (χ2n) is 5.23. The fraction of sp³-hybridized carbons (Fsp3) is 0.188. The number of nitrogen functional groups attached to an aromatic ring is 1. The number of nitrogens with zero attached hydrogens (tertiary/aromatic N) is 1. The minimum atomic E-state index is -0.285. The molecular weight excluding hydrogens is 236 g/mol. The summed E-state index contributed by atoms with van der Waals surface area (Å²) >= 11 is 0. The van der Waals surface area contributed by atoms with Gasteiger partial charge in [-0.15, -0.1) is 0 Å². The summed E-state index contributed by atoms with van der Waals surface area (Å²) in [5.74, 6) is 0.721. The van der Waals surface area contributed by atoms with Crippen LogP contribution in [0, 0.1) is 0 Å². The maximum atomic E-state index is 5.88. The predicted octanol–water partition coefficient (Wildman–Crippen LogP) is 3.74. The van der Waals surface area contributed by atoms with Gasteiger partial charge < -0.3 is 10.2 Å². The number of benzene rings is 2. The quantitative estimate of drug-likeness (QED) is 0.707. The molecule has 3 nitrogen and oxygen atoms in total. The number of oxazole rings is 1. The fourth-order valence-electron chi connectivity index (χ4n) is 2.16. The number of hydrogen-bond donors (Lipinski definition) is 1. The van der Waals surface area contributed by atoms with Crippen molar-refractivity contribution in [2.45, 2.75) is 19.3 Å². The molecule has 19 heavy (non-hydrogen) atoms. The SMILES string of the molecule is CC(C)(c1ccc(N)cc1)c1nc2ccccc2o1. The number of para-hydroxylation sites is 2. The molecule has 3 heteroatoms. The van der Waals surface area contributed by atoms with E-state index in [9.17, 15) is 0 Å². The summed E-state index contributed by atoms with van der Waals surface area (Å²) in [5.41, 5.74) is 9.05. The first-order valence-corrected chi connectivity index (χ1v) is 6.29. The van der Waals surface area contributed by atoms with Crippen LogP contribution in [-0.2, 0) is 5.41 Å². The highest BCUT2D eigenvalue weighted by Crippen LogP contribution is 2.33. The zero-order valence-electron chi connectivity index (χ0n) is 11.1. The third-order valence-corrected chi connectivity index (χ3v) is 3.46. The first kappa shape index (κ1) is 11.8. The second-order valence-corrected chi connectivity index (χ2v) is 5.23. The van der Waals surface area contributed by atoms with Crippen molar-refractivity contribution in [2.75, 3.05) is 5.73 Å². The molecule has 1 aromatic heterocycles. The monoisotopic (exact) mass is 252 g/mol. The molecule has 0 aliphatic rings. The van der Waals surface area contributed by atoms with E-state index in [1.165, 1.54) is 0 Å². The summed E-state index contributed by atoms with van der Waals surface area (Å²) in [6.45, 7) is 4.20. The average Bonchev–Trinajstić information content (AvgIpc) is 2.83. The van der Waals surface area contributed by atoms with E-state index in [1.807, 2.05) is 48.5 Å². The zero-order chi connectivity index (χ0) is 13.5. The van der Waals surface area contributed by atoms with E-state index < -0.39 is 0 Å². The van der Waals surface area contributed by atoms with E-state index in [-0.39, 0.29) is 5.41 Å². The van der Waals surface area contributed by atoms with Crippen molar-refractivity contribution in [2.24, 2.45) is 0 Å². The van der Waals surface area contributed by atoms with Gasteiger partial charge in [0.2, 0.25) is 5.89 Å². The molecule has 3 aromatic rings. The molecule has 2 N–H and O–H groups in total. The lowest BCUT2D eigenvalue weighted by atomic mass is 9.84. The van der Waals surface area contributed by atoms with Crippen LogP contribution in [0.1, 0.15) is 25.3 Å². The zero-order valence-corrected chi connectivity index (χ0v) is 11.1. The van der Waals surface area contributed by atoms with Crippen molar-refractivity contribution in [3.05, 3.63) is 60.0 Å². The molecule has 0 aliphatic carbocycles. The summed E-state index contributed by atoms with van der Waals surface area (Å²) in [5, 5.41) is 0. The molecule has 96 valence electrons. The molecule has 0 saturated heterocycles. The van der Waals surface area contributed by atoms with Crippen molar-refractivity contribution in [1.82, 2.24) is 4.98 Å². The number of aromatic nitrogens is 1. The molecule has 2 aromatic carbocycles. The summed E-state index contributed by atoms with van der Waals surface area (Å²) in [6.07, 6.45) is 0. The second kappa shape index (κ2) is 4.12. The Labute approximate surface area is 112 Å². The van der Waals surface area contributed by atoms with Crippen molar-refractivity contribution < 1.29 is 4.42 Å². The maximum absolute atomic E-state index is 5.88. The summed E-state index contributed by atoms with van der Waals surface area (Å²) in [4.78, 5) is 4.59. The number of nitrogens with two attached hydrogens (primary N) is 1. The third kappa shape index (κ3) is 1.97. The van der Waals surface area contributed by atoms with Crippen LogP contribution in [0.25, 0.3) is 11.1 Å². The van der Waals surface area contributed by atoms with E-state index in [0.717, 1.165) is 28.2 Å². The first-order chi connectivity index (χ1) is 9.07. The lowest BCUT2D eigenvalue weighted by molar-refractivity contribution is 0.433. The van der Waals surface area contributed by atoms with Gasteiger partial charge in [0.05, 0.1) is 5.41 Å². The standard InChI is InChI=1S/C16H16N2O/c1-16(2,11-7-9-12(17)10-8-11)15-18-13-5-3-4-6-14(13)19-15/h3-10H,17H2,1-2H3.